The number of carbonyl (C=O) groups is 2. The van der Waals surface area contributed by atoms with Crippen molar-refractivity contribution in [3.8, 4) is 0 Å². The van der Waals surface area contributed by atoms with Crippen molar-refractivity contribution in [2.45, 2.75) is 19.3 Å². The van der Waals surface area contributed by atoms with Gasteiger partial charge in [0.25, 0.3) is 5.91 Å². The lowest BCUT2D eigenvalue weighted by atomic mass is 10.2. The Labute approximate surface area is 117 Å². The van der Waals surface area contributed by atoms with E-state index >= 15 is 0 Å². The second kappa shape index (κ2) is 6.52. The maximum absolute atomic E-state index is 11.8. The fourth-order valence-corrected chi connectivity index (χ4v) is 2.24. The number of hydrogen-bond acceptors (Lipinski definition) is 3. The monoisotopic (exact) mass is 281 g/mol. The Morgan fingerprint density at radius 3 is 3.05 bits per heavy atom. The number of nitrogens with zero attached hydrogens (tertiary/aromatic N) is 2. The van der Waals surface area contributed by atoms with Gasteiger partial charge in [-0.25, -0.2) is 0 Å². The van der Waals surface area contributed by atoms with Crippen molar-refractivity contribution in [1.82, 2.24) is 15.2 Å². The molecule has 2 amide bonds. The van der Waals surface area contributed by atoms with Crippen LogP contribution in [0.2, 0.25) is 5.02 Å². The molecule has 1 aliphatic heterocycles. The molecular formula is C13H16ClN3O2. The van der Waals surface area contributed by atoms with E-state index in [1.54, 1.807) is 6.07 Å². The van der Waals surface area contributed by atoms with Gasteiger partial charge in [-0.15, -0.1) is 0 Å². The van der Waals surface area contributed by atoms with Crippen molar-refractivity contribution in [2.75, 3.05) is 19.6 Å². The number of aromatic nitrogens is 1. The molecule has 0 aliphatic carbocycles. The summed E-state index contributed by atoms with van der Waals surface area (Å²) >= 11 is 5.90. The summed E-state index contributed by atoms with van der Waals surface area (Å²) in [5.74, 6) is -0.0209. The van der Waals surface area contributed by atoms with Crippen LogP contribution in [0.3, 0.4) is 0 Å². The Balaban J connectivity index is 1.72. The quantitative estimate of drug-likeness (QED) is 0.832. The van der Waals surface area contributed by atoms with Crippen molar-refractivity contribution in [1.29, 1.82) is 0 Å². The second-order valence-electron chi connectivity index (χ2n) is 4.45. The molecule has 5 nitrogen and oxygen atoms in total. The van der Waals surface area contributed by atoms with E-state index in [1.807, 2.05) is 4.90 Å². The SMILES string of the molecule is O=C(NCCCN1CCCC1=O)c1cnccc1Cl. The molecule has 0 radical (unpaired) electrons. The first-order valence-electron chi connectivity index (χ1n) is 6.34. The van der Waals surface area contributed by atoms with E-state index in [4.69, 9.17) is 11.6 Å². The molecule has 1 fully saturated rings. The molecule has 1 N–H and O–H groups in total. The van der Waals surface area contributed by atoms with Crippen molar-refractivity contribution in [3.05, 3.63) is 29.0 Å². The molecule has 0 spiro atoms. The minimum absolute atomic E-state index is 0.210. The fourth-order valence-electron chi connectivity index (χ4n) is 2.05. The molecule has 0 aromatic carbocycles. The summed E-state index contributed by atoms with van der Waals surface area (Å²) in [6.45, 7) is 2.05. The van der Waals surface area contributed by atoms with Crippen LogP contribution in [0.25, 0.3) is 0 Å². The smallest absolute Gasteiger partial charge is 0.254 e. The predicted molar refractivity (Wildman–Crippen MR) is 72.0 cm³/mol. The molecule has 19 heavy (non-hydrogen) atoms. The fraction of sp³-hybridized carbons (Fsp3) is 0.462. The minimum Gasteiger partial charge on any atom is -0.352 e. The molecule has 1 saturated heterocycles. The molecule has 1 aliphatic rings. The second-order valence-corrected chi connectivity index (χ2v) is 4.86. The van der Waals surface area contributed by atoms with Gasteiger partial charge < -0.3 is 10.2 Å². The van der Waals surface area contributed by atoms with Gasteiger partial charge >= 0.3 is 0 Å². The van der Waals surface area contributed by atoms with Gasteiger partial charge in [-0.2, -0.15) is 0 Å². The standard InChI is InChI=1S/C13H16ClN3O2/c14-11-4-6-15-9-10(11)13(19)16-5-2-8-17-7-1-3-12(17)18/h4,6,9H,1-3,5,7-8H2,(H,16,19). The molecule has 1 aromatic heterocycles. The Hall–Kier alpha value is -1.62. The van der Waals surface area contributed by atoms with Crippen molar-refractivity contribution < 1.29 is 9.59 Å². The number of rotatable bonds is 5. The highest BCUT2D eigenvalue weighted by molar-refractivity contribution is 6.33. The molecule has 0 atom stereocenters. The molecule has 0 bridgehead atoms. The molecule has 0 unspecified atom stereocenters. The summed E-state index contributed by atoms with van der Waals surface area (Å²) in [5.41, 5.74) is 0.376. The molecule has 2 rings (SSSR count). The van der Waals surface area contributed by atoms with Crippen molar-refractivity contribution in [3.63, 3.8) is 0 Å². The Morgan fingerprint density at radius 2 is 2.37 bits per heavy atom. The van der Waals surface area contributed by atoms with E-state index in [2.05, 4.69) is 10.3 Å². The van der Waals surface area contributed by atoms with E-state index < -0.39 is 0 Å². The first-order valence-corrected chi connectivity index (χ1v) is 6.72. The Morgan fingerprint density at radius 1 is 1.53 bits per heavy atom. The average molecular weight is 282 g/mol. The van der Waals surface area contributed by atoms with Crippen LogP contribution in [0.1, 0.15) is 29.6 Å². The number of carbonyl (C=O) groups excluding carboxylic acids is 2. The third-order valence-electron chi connectivity index (χ3n) is 3.07. The number of hydrogen-bond donors (Lipinski definition) is 1. The van der Waals surface area contributed by atoms with Gasteiger partial charge in [-0.1, -0.05) is 11.6 Å². The van der Waals surface area contributed by atoms with Crippen molar-refractivity contribution >= 4 is 23.4 Å². The largest absolute Gasteiger partial charge is 0.352 e. The van der Waals surface area contributed by atoms with Gasteiger partial charge in [-0.05, 0) is 18.9 Å². The summed E-state index contributed by atoms with van der Waals surface area (Å²) in [7, 11) is 0. The normalized spacial score (nSPS) is 14.8. The van der Waals surface area contributed by atoms with Gasteiger partial charge in [0.05, 0.1) is 10.6 Å². The van der Waals surface area contributed by atoms with Crippen LogP contribution in [-0.4, -0.2) is 41.3 Å². The summed E-state index contributed by atoms with van der Waals surface area (Å²) in [6.07, 6.45) is 5.32. The third kappa shape index (κ3) is 3.67. The van der Waals surface area contributed by atoms with Crippen LogP contribution in [0, 0.1) is 0 Å². The first kappa shape index (κ1) is 13.8. The van der Waals surface area contributed by atoms with Crippen LogP contribution in [-0.2, 0) is 4.79 Å². The summed E-state index contributed by atoms with van der Waals surface area (Å²) in [6, 6.07) is 1.58. The topological polar surface area (TPSA) is 62.3 Å². The van der Waals surface area contributed by atoms with E-state index in [0.717, 1.165) is 19.4 Å². The molecule has 0 saturated carbocycles. The van der Waals surface area contributed by atoms with Gasteiger partial charge in [0, 0.05) is 38.4 Å². The highest BCUT2D eigenvalue weighted by Gasteiger charge is 2.19. The maximum Gasteiger partial charge on any atom is 0.254 e. The maximum atomic E-state index is 11.8. The lowest BCUT2D eigenvalue weighted by Gasteiger charge is -2.15. The Kier molecular flexibility index (Phi) is 4.74. The number of likely N-dealkylation sites (tertiary alicyclic amines) is 1. The summed E-state index contributed by atoms with van der Waals surface area (Å²) in [4.78, 5) is 28.9. The number of nitrogens with one attached hydrogen (secondary N) is 1. The molecule has 6 heteroatoms. The predicted octanol–water partition coefficient (Wildman–Crippen LogP) is 1.48. The van der Waals surface area contributed by atoms with Crippen LogP contribution in [0.4, 0.5) is 0 Å². The third-order valence-corrected chi connectivity index (χ3v) is 3.40. The minimum atomic E-state index is -0.231. The lowest BCUT2D eigenvalue weighted by Crippen LogP contribution is -2.30. The zero-order valence-electron chi connectivity index (χ0n) is 10.6. The van der Waals surface area contributed by atoms with E-state index in [9.17, 15) is 9.59 Å². The van der Waals surface area contributed by atoms with E-state index in [-0.39, 0.29) is 11.8 Å². The van der Waals surface area contributed by atoms with Gasteiger partial charge in [0.1, 0.15) is 0 Å². The summed E-state index contributed by atoms with van der Waals surface area (Å²) in [5, 5.41) is 3.17. The molecule has 102 valence electrons. The molecule has 1 aromatic rings. The highest BCUT2D eigenvalue weighted by atomic mass is 35.5. The van der Waals surface area contributed by atoms with Crippen LogP contribution >= 0.6 is 11.6 Å². The lowest BCUT2D eigenvalue weighted by molar-refractivity contribution is -0.127. The van der Waals surface area contributed by atoms with E-state index in [0.29, 0.717) is 30.1 Å². The van der Waals surface area contributed by atoms with Gasteiger partial charge in [0.2, 0.25) is 5.91 Å². The van der Waals surface area contributed by atoms with Crippen LogP contribution in [0.15, 0.2) is 18.5 Å². The number of halogens is 1. The van der Waals surface area contributed by atoms with Crippen molar-refractivity contribution in [2.24, 2.45) is 0 Å². The molecule has 2 heterocycles. The number of amides is 2. The van der Waals surface area contributed by atoms with Crippen LogP contribution in [0.5, 0.6) is 0 Å². The highest BCUT2D eigenvalue weighted by Crippen LogP contribution is 2.13. The first-order chi connectivity index (χ1) is 9.18. The van der Waals surface area contributed by atoms with Gasteiger partial charge in [-0.3, -0.25) is 14.6 Å². The zero-order chi connectivity index (χ0) is 13.7. The van der Waals surface area contributed by atoms with Crippen LogP contribution < -0.4 is 5.32 Å². The Bertz CT molecular complexity index is 479. The molecular weight excluding hydrogens is 266 g/mol. The summed E-state index contributed by atoms with van der Waals surface area (Å²) < 4.78 is 0. The zero-order valence-corrected chi connectivity index (χ0v) is 11.3. The number of pyridine rings is 1. The van der Waals surface area contributed by atoms with Gasteiger partial charge in [0.15, 0.2) is 0 Å². The average Bonchev–Trinajstić information content (AvgIpc) is 2.80. The van der Waals surface area contributed by atoms with E-state index in [1.165, 1.54) is 12.4 Å².